The van der Waals surface area contributed by atoms with Gasteiger partial charge in [0.25, 0.3) is 0 Å². The van der Waals surface area contributed by atoms with Gasteiger partial charge in [0.05, 0.1) is 5.60 Å². The van der Waals surface area contributed by atoms with Crippen LogP contribution < -0.4 is 5.32 Å². The van der Waals surface area contributed by atoms with Gasteiger partial charge in [0, 0.05) is 13.2 Å². The van der Waals surface area contributed by atoms with E-state index in [0.29, 0.717) is 6.04 Å². The number of nitrogens with one attached hydrogen (secondary N) is 1. The summed E-state index contributed by atoms with van der Waals surface area (Å²) < 4.78 is 5.90. The van der Waals surface area contributed by atoms with Crippen LogP contribution in [0.3, 0.4) is 0 Å². The molecule has 3 unspecified atom stereocenters. The van der Waals surface area contributed by atoms with Gasteiger partial charge >= 0.3 is 0 Å². The largest absolute Gasteiger partial charge is 0.378 e. The standard InChI is InChI=1S/C18H35NO/c1-4-13-19-17(14-18(20-3)11-8-12-18)16-10-7-6-9-15(16)5-2/h15-17,19H,4-14H2,1-3H3. The van der Waals surface area contributed by atoms with Gasteiger partial charge in [0.15, 0.2) is 0 Å². The molecular formula is C18H35NO. The molecule has 0 aromatic rings. The van der Waals surface area contributed by atoms with Crippen molar-refractivity contribution in [2.24, 2.45) is 11.8 Å². The normalized spacial score (nSPS) is 30.8. The summed E-state index contributed by atoms with van der Waals surface area (Å²) in [5, 5.41) is 3.88. The molecule has 118 valence electrons. The van der Waals surface area contributed by atoms with Crippen molar-refractivity contribution in [1.82, 2.24) is 5.32 Å². The summed E-state index contributed by atoms with van der Waals surface area (Å²) >= 11 is 0. The molecular weight excluding hydrogens is 246 g/mol. The summed E-state index contributed by atoms with van der Waals surface area (Å²) in [6.07, 6.45) is 13.5. The summed E-state index contributed by atoms with van der Waals surface area (Å²) in [6, 6.07) is 0.681. The molecule has 0 aromatic heterocycles. The van der Waals surface area contributed by atoms with Gasteiger partial charge in [0.1, 0.15) is 0 Å². The van der Waals surface area contributed by atoms with Crippen LogP contribution in [0.15, 0.2) is 0 Å². The highest BCUT2D eigenvalue weighted by atomic mass is 16.5. The van der Waals surface area contributed by atoms with Gasteiger partial charge in [0.2, 0.25) is 0 Å². The maximum absolute atomic E-state index is 5.90. The molecule has 20 heavy (non-hydrogen) atoms. The summed E-state index contributed by atoms with van der Waals surface area (Å²) in [4.78, 5) is 0. The SMILES string of the molecule is CCCNC(CC1(OC)CCC1)C1CCCCC1CC. The lowest BCUT2D eigenvalue weighted by molar-refractivity contribution is -0.0898. The molecule has 0 aliphatic heterocycles. The minimum atomic E-state index is 0.209. The van der Waals surface area contributed by atoms with Crippen LogP contribution in [0.25, 0.3) is 0 Å². The highest BCUT2D eigenvalue weighted by Gasteiger charge is 2.42. The van der Waals surface area contributed by atoms with E-state index >= 15 is 0 Å². The Bertz CT molecular complexity index is 269. The van der Waals surface area contributed by atoms with Gasteiger partial charge < -0.3 is 10.1 Å². The molecule has 3 atom stereocenters. The molecule has 0 heterocycles. The predicted molar refractivity (Wildman–Crippen MR) is 86.0 cm³/mol. The quantitative estimate of drug-likeness (QED) is 0.706. The van der Waals surface area contributed by atoms with Crippen molar-refractivity contribution in [2.75, 3.05) is 13.7 Å². The van der Waals surface area contributed by atoms with E-state index in [0.717, 1.165) is 18.4 Å². The number of hydrogen-bond acceptors (Lipinski definition) is 2. The van der Waals surface area contributed by atoms with Crippen LogP contribution in [0.1, 0.15) is 78.1 Å². The molecule has 2 rings (SSSR count). The smallest absolute Gasteiger partial charge is 0.0693 e. The second-order valence-corrected chi connectivity index (χ2v) is 7.12. The van der Waals surface area contributed by atoms with Crippen LogP contribution in [0.5, 0.6) is 0 Å². The average molecular weight is 281 g/mol. The summed E-state index contributed by atoms with van der Waals surface area (Å²) in [7, 11) is 1.92. The van der Waals surface area contributed by atoms with Crippen LogP contribution in [0.2, 0.25) is 0 Å². The Balaban J connectivity index is 2.01. The second-order valence-electron chi connectivity index (χ2n) is 7.12. The van der Waals surface area contributed by atoms with Gasteiger partial charge in [-0.2, -0.15) is 0 Å². The van der Waals surface area contributed by atoms with Crippen LogP contribution in [0.4, 0.5) is 0 Å². The molecule has 0 saturated heterocycles. The van der Waals surface area contributed by atoms with E-state index in [9.17, 15) is 0 Å². The van der Waals surface area contributed by atoms with Crippen LogP contribution >= 0.6 is 0 Å². The first kappa shape index (κ1) is 16.3. The maximum atomic E-state index is 5.90. The van der Waals surface area contributed by atoms with E-state index in [1.807, 2.05) is 7.11 Å². The molecule has 0 aromatic carbocycles. The Morgan fingerprint density at radius 2 is 1.90 bits per heavy atom. The number of rotatable bonds is 8. The van der Waals surface area contributed by atoms with Crippen LogP contribution in [-0.2, 0) is 4.74 Å². The Hall–Kier alpha value is -0.0800. The Labute approximate surface area is 126 Å². The topological polar surface area (TPSA) is 21.3 Å². The predicted octanol–water partition coefficient (Wildman–Crippen LogP) is 4.53. The van der Waals surface area contributed by atoms with E-state index < -0.39 is 0 Å². The third-order valence-electron chi connectivity index (χ3n) is 5.96. The highest BCUT2D eigenvalue weighted by Crippen LogP contribution is 2.43. The fraction of sp³-hybridized carbons (Fsp3) is 1.00. The number of methoxy groups -OCH3 is 1. The minimum absolute atomic E-state index is 0.209. The van der Waals surface area contributed by atoms with Crippen molar-refractivity contribution in [3.8, 4) is 0 Å². The third kappa shape index (κ3) is 3.76. The van der Waals surface area contributed by atoms with E-state index in [-0.39, 0.29) is 5.60 Å². The van der Waals surface area contributed by atoms with E-state index in [4.69, 9.17) is 4.74 Å². The summed E-state index contributed by atoms with van der Waals surface area (Å²) in [5.74, 6) is 1.82. The molecule has 0 bridgehead atoms. The highest BCUT2D eigenvalue weighted by molar-refractivity contribution is 4.96. The average Bonchev–Trinajstić information content (AvgIpc) is 2.46. The molecule has 2 saturated carbocycles. The second kappa shape index (κ2) is 7.79. The van der Waals surface area contributed by atoms with E-state index in [1.165, 1.54) is 64.2 Å². The number of hydrogen-bond donors (Lipinski definition) is 1. The molecule has 2 nitrogen and oxygen atoms in total. The Morgan fingerprint density at radius 3 is 2.45 bits per heavy atom. The molecule has 2 fully saturated rings. The first-order chi connectivity index (χ1) is 9.74. The lowest BCUT2D eigenvalue weighted by atomic mass is 9.68. The van der Waals surface area contributed by atoms with Crippen molar-refractivity contribution in [3.05, 3.63) is 0 Å². The van der Waals surface area contributed by atoms with Crippen molar-refractivity contribution in [3.63, 3.8) is 0 Å². The third-order valence-corrected chi connectivity index (χ3v) is 5.96. The zero-order valence-corrected chi connectivity index (χ0v) is 13.9. The molecule has 2 aliphatic carbocycles. The minimum Gasteiger partial charge on any atom is -0.378 e. The lowest BCUT2D eigenvalue weighted by Crippen LogP contribution is -2.50. The first-order valence-electron chi connectivity index (χ1n) is 9.03. The molecule has 2 aliphatic rings. The zero-order chi connectivity index (χ0) is 14.4. The van der Waals surface area contributed by atoms with Crippen molar-refractivity contribution in [2.45, 2.75) is 89.7 Å². The van der Waals surface area contributed by atoms with Gasteiger partial charge in [-0.05, 0) is 56.9 Å². The lowest BCUT2D eigenvalue weighted by Gasteiger charge is -2.46. The molecule has 0 spiro atoms. The van der Waals surface area contributed by atoms with Gasteiger partial charge in [-0.3, -0.25) is 0 Å². The maximum Gasteiger partial charge on any atom is 0.0693 e. The zero-order valence-electron chi connectivity index (χ0n) is 13.9. The summed E-state index contributed by atoms with van der Waals surface area (Å²) in [5.41, 5.74) is 0.209. The van der Waals surface area contributed by atoms with Gasteiger partial charge in [-0.15, -0.1) is 0 Å². The van der Waals surface area contributed by atoms with Crippen LogP contribution in [0, 0.1) is 11.8 Å². The van der Waals surface area contributed by atoms with Crippen molar-refractivity contribution in [1.29, 1.82) is 0 Å². The number of ether oxygens (including phenoxy) is 1. The first-order valence-corrected chi connectivity index (χ1v) is 9.03. The van der Waals surface area contributed by atoms with Gasteiger partial charge in [-0.1, -0.05) is 39.5 Å². The Kier molecular flexibility index (Phi) is 6.35. The van der Waals surface area contributed by atoms with E-state index in [1.54, 1.807) is 0 Å². The monoisotopic (exact) mass is 281 g/mol. The van der Waals surface area contributed by atoms with Gasteiger partial charge in [-0.25, -0.2) is 0 Å². The fourth-order valence-corrected chi connectivity index (χ4v) is 4.44. The van der Waals surface area contributed by atoms with E-state index in [2.05, 4.69) is 19.2 Å². The van der Waals surface area contributed by atoms with Crippen molar-refractivity contribution >= 4 is 0 Å². The molecule has 0 amide bonds. The van der Waals surface area contributed by atoms with Crippen molar-refractivity contribution < 1.29 is 4.74 Å². The van der Waals surface area contributed by atoms with Crippen LogP contribution in [-0.4, -0.2) is 25.3 Å². The molecule has 1 N–H and O–H groups in total. The molecule has 2 heteroatoms. The Morgan fingerprint density at radius 1 is 1.15 bits per heavy atom. The fourth-order valence-electron chi connectivity index (χ4n) is 4.44. The molecule has 0 radical (unpaired) electrons. The summed E-state index contributed by atoms with van der Waals surface area (Å²) in [6.45, 7) is 5.82.